The molecule has 0 radical (unpaired) electrons. The van der Waals surface area contributed by atoms with Crippen molar-refractivity contribution >= 4 is 0 Å². The lowest BCUT2D eigenvalue weighted by Gasteiger charge is -2.06. The van der Waals surface area contributed by atoms with Crippen LogP contribution in [0.25, 0.3) is 0 Å². The Bertz CT molecular complexity index is 273. The number of nitrogens with zero attached hydrogens (tertiary/aromatic N) is 3. The van der Waals surface area contributed by atoms with Crippen LogP contribution < -0.4 is 5.32 Å². The molecule has 0 amide bonds. The van der Waals surface area contributed by atoms with Gasteiger partial charge in [-0.15, -0.1) is 10.2 Å². The molecule has 0 spiro atoms. The number of hydrogen-bond donors (Lipinski definition) is 1. The van der Waals surface area contributed by atoms with Crippen LogP contribution in [0.2, 0.25) is 0 Å². The minimum Gasteiger partial charge on any atom is -0.318 e. The van der Waals surface area contributed by atoms with Gasteiger partial charge in [0.15, 0.2) is 0 Å². The van der Waals surface area contributed by atoms with Gasteiger partial charge in [-0.25, -0.2) is 0 Å². The number of hydrogen-bond acceptors (Lipinski definition) is 3. The Hall–Kier alpha value is -0.900. The van der Waals surface area contributed by atoms with E-state index in [0.717, 1.165) is 24.7 Å². The third-order valence-corrected chi connectivity index (χ3v) is 2.55. The number of aromatic nitrogens is 3. The molecule has 66 valence electrons. The van der Waals surface area contributed by atoms with E-state index in [9.17, 15) is 0 Å². The summed E-state index contributed by atoms with van der Waals surface area (Å²) in [7, 11) is 2.03. The molecule has 2 rings (SSSR count). The van der Waals surface area contributed by atoms with Crippen LogP contribution in [0.5, 0.6) is 0 Å². The highest BCUT2D eigenvalue weighted by Crippen LogP contribution is 2.19. The summed E-state index contributed by atoms with van der Waals surface area (Å²) in [5.41, 5.74) is 0. The quantitative estimate of drug-likeness (QED) is 0.648. The summed E-state index contributed by atoms with van der Waals surface area (Å²) in [5.74, 6) is 2.69. The molecule has 0 bridgehead atoms. The zero-order chi connectivity index (χ0) is 8.55. The van der Waals surface area contributed by atoms with Gasteiger partial charge in [0.2, 0.25) is 0 Å². The molecule has 12 heavy (non-hydrogen) atoms. The van der Waals surface area contributed by atoms with E-state index in [1.54, 1.807) is 0 Å². The molecule has 0 aromatic carbocycles. The smallest absolute Gasteiger partial charge is 0.137 e. The Morgan fingerprint density at radius 2 is 2.33 bits per heavy atom. The van der Waals surface area contributed by atoms with Gasteiger partial charge in [-0.1, -0.05) is 0 Å². The Morgan fingerprint density at radius 1 is 1.50 bits per heavy atom. The van der Waals surface area contributed by atoms with Crippen LogP contribution in [-0.4, -0.2) is 27.9 Å². The highest BCUT2D eigenvalue weighted by atomic mass is 15.3. The maximum Gasteiger partial charge on any atom is 0.137 e. The molecule has 1 N–H and O–H groups in total. The topological polar surface area (TPSA) is 42.7 Å². The maximum absolute atomic E-state index is 4.17. The molecule has 1 aliphatic heterocycles. The largest absolute Gasteiger partial charge is 0.318 e. The fourth-order valence-electron chi connectivity index (χ4n) is 1.65. The predicted molar refractivity (Wildman–Crippen MR) is 46.0 cm³/mol. The molecule has 1 fully saturated rings. The van der Waals surface area contributed by atoms with Crippen molar-refractivity contribution in [1.82, 2.24) is 20.1 Å². The summed E-state index contributed by atoms with van der Waals surface area (Å²) >= 11 is 0. The Kier molecular flexibility index (Phi) is 1.84. The van der Waals surface area contributed by atoms with Crippen molar-refractivity contribution in [2.75, 3.05) is 13.1 Å². The average Bonchev–Trinajstić information content (AvgIpc) is 2.64. The molecule has 2 heterocycles. The SMILES string of the molecule is Cc1nnc(C2CCNC2)n1C. The molecule has 4 nitrogen and oxygen atoms in total. The van der Waals surface area contributed by atoms with Crippen LogP contribution in [0.15, 0.2) is 0 Å². The van der Waals surface area contributed by atoms with Crippen LogP contribution in [0, 0.1) is 6.92 Å². The molecule has 1 saturated heterocycles. The third-order valence-electron chi connectivity index (χ3n) is 2.55. The Balaban J connectivity index is 2.26. The van der Waals surface area contributed by atoms with E-state index in [4.69, 9.17) is 0 Å². The molecular weight excluding hydrogens is 152 g/mol. The summed E-state index contributed by atoms with van der Waals surface area (Å²) < 4.78 is 2.08. The first-order chi connectivity index (χ1) is 5.79. The van der Waals surface area contributed by atoms with Crippen molar-refractivity contribution in [3.05, 3.63) is 11.6 Å². The van der Waals surface area contributed by atoms with Crippen molar-refractivity contribution in [1.29, 1.82) is 0 Å². The van der Waals surface area contributed by atoms with Gasteiger partial charge in [0.1, 0.15) is 11.6 Å². The molecule has 1 unspecified atom stereocenters. The monoisotopic (exact) mass is 166 g/mol. The normalized spacial score (nSPS) is 23.3. The molecule has 1 aliphatic rings. The highest BCUT2D eigenvalue weighted by Gasteiger charge is 2.21. The van der Waals surface area contributed by atoms with Gasteiger partial charge in [0, 0.05) is 19.5 Å². The van der Waals surface area contributed by atoms with E-state index in [1.165, 1.54) is 6.42 Å². The molecule has 4 heteroatoms. The van der Waals surface area contributed by atoms with Gasteiger partial charge < -0.3 is 9.88 Å². The van der Waals surface area contributed by atoms with E-state index >= 15 is 0 Å². The van der Waals surface area contributed by atoms with E-state index in [2.05, 4.69) is 20.1 Å². The van der Waals surface area contributed by atoms with Gasteiger partial charge in [-0.2, -0.15) is 0 Å². The van der Waals surface area contributed by atoms with Crippen molar-refractivity contribution < 1.29 is 0 Å². The molecule has 1 atom stereocenters. The first-order valence-electron chi connectivity index (χ1n) is 4.35. The van der Waals surface area contributed by atoms with Crippen LogP contribution in [0.3, 0.4) is 0 Å². The number of aryl methyl sites for hydroxylation is 1. The van der Waals surface area contributed by atoms with E-state index < -0.39 is 0 Å². The minimum absolute atomic E-state index is 0.566. The van der Waals surface area contributed by atoms with E-state index in [1.807, 2.05) is 14.0 Å². The van der Waals surface area contributed by atoms with Gasteiger partial charge in [0.25, 0.3) is 0 Å². The lowest BCUT2D eigenvalue weighted by molar-refractivity contribution is 0.652. The minimum atomic E-state index is 0.566. The fourth-order valence-corrected chi connectivity index (χ4v) is 1.65. The van der Waals surface area contributed by atoms with Crippen molar-refractivity contribution in [2.24, 2.45) is 7.05 Å². The highest BCUT2D eigenvalue weighted by molar-refractivity contribution is 5.03. The zero-order valence-electron chi connectivity index (χ0n) is 7.54. The van der Waals surface area contributed by atoms with Gasteiger partial charge >= 0.3 is 0 Å². The molecule has 1 aromatic rings. The first kappa shape index (κ1) is 7.73. The van der Waals surface area contributed by atoms with Gasteiger partial charge in [-0.05, 0) is 19.9 Å². The molecular formula is C8H14N4. The number of rotatable bonds is 1. The summed E-state index contributed by atoms with van der Waals surface area (Å²) in [5, 5.41) is 11.5. The average molecular weight is 166 g/mol. The lowest BCUT2D eigenvalue weighted by Crippen LogP contribution is -2.11. The van der Waals surface area contributed by atoms with Crippen LogP contribution in [0.1, 0.15) is 24.0 Å². The standard InChI is InChI=1S/C8H14N4/c1-6-10-11-8(12(6)2)7-3-4-9-5-7/h7,9H,3-5H2,1-2H3. The van der Waals surface area contributed by atoms with Crippen LogP contribution in [-0.2, 0) is 7.05 Å². The second-order valence-electron chi connectivity index (χ2n) is 3.35. The van der Waals surface area contributed by atoms with Crippen LogP contribution in [0.4, 0.5) is 0 Å². The van der Waals surface area contributed by atoms with Crippen molar-refractivity contribution in [2.45, 2.75) is 19.3 Å². The summed E-state index contributed by atoms with van der Waals surface area (Å²) in [4.78, 5) is 0. The summed E-state index contributed by atoms with van der Waals surface area (Å²) in [6, 6.07) is 0. The maximum atomic E-state index is 4.17. The van der Waals surface area contributed by atoms with E-state index in [0.29, 0.717) is 5.92 Å². The Morgan fingerprint density at radius 3 is 2.83 bits per heavy atom. The third kappa shape index (κ3) is 1.12. The van der Waals surface area contributed by atoms with Gasteiger partial charge in [0.05, 0.1) is 0 Å². The van der Waals surface area contributed by atoms with Gasteiger partial charge in [-0.3, -0.25) is 0 Å². The zero-order valence-corrected chi connectivity index (χ0v) is 7.54. The Labute approximate surface area is 72.0 Å². The second kappa shape index (κ2) is 2.86. The second-order valence-corrected chi connectivity index (χ2v) is 3.35. The summed E-state index contributed by atoms with van der Waals surface area (Å²) in [6.07, 6.45) is 1.19. The first-order valence-corrected chi connectivity index (χ1v) is 4.35. The molecule has 0 aliphatic carbocycles. The fraction of sp³-hybridized carbons (Fsp3) is 0.750. The van der Waals surface area contributed by atoms with Crippen molar-refractivity contribution in [3.8, 4) is 0 Å². The molecule has 0 saturated carbocycles. The summed E-state index contributed by atoms with van der Waals surface area (Å²) in [6.45, 7) is 4.14. The molecule has 1 aromatic heterocycles. The predicted octanol–water partition coefficient (Wildman–Crippen LogP) is 0.200. The van der Waals surface area contributed by atoms with Crippen molar-refractivity contribution in [3.63, 3.8) is 0 Å². The number of nitrogens with one attached hydrogen (secondary N) is 1. The van der Waals surface area contributed by atoms with Crippen LogP contribution >= 0.6 is 0 Å². The van der Waals surface area contributed by atoms with E-state index in [-0.39, 0.29) is 0 Å². The lowest BCUT2D eigenvalue weighted by atomic mass is 10.1.